The van der Waals surface area contributed by atoms with Crippen molar-refractivity contribution in [3.05, 3.63) is 113 Å². The van der Waals surface area contributed by atoms with Crippen LogP contribution in [-0.2, 0) is 29.2 Å². The zero-order chi connectivity index (χ0) is 29.0. The summed E-state index contributed by atoms with van der Waals surface area (Å²) in [7, 11) is 0. The number of nitrogens with zero attached hydrogens (tertiary/aromatic N) is 2. The zero-order valence-electron chi connectivity index (χ0n) is 23.0. The minimum absolute atomic E-state index is 0.208. The van der Waals surface area contributed by atoms with Gasteiger partial charge in [-0.05, 0) is 67.1 Å². The van der Waals surface area contributed by atoms with Gasteiger partial charge in [-0.2, -0.15) is 0 Å². The van der Waals surface area contributed by atoms with Gasteiger partial charge in [-0.3, -0.25) is 4.79 Å². The summed E-state index contributed by atoms with van der Waals surface area (Å²) in [6.07, 6.45) is 4.43. The summed E-state index contributed by atoms with van der Waals surface area (Å²) in [5.74, 6) is -0.718. The van der Waals surface area contributed by atoms with E-state index in [2.05, 4.69) is 41.3 Å². The maximum atomic E-state index is 12.7. The topological polar surface area (TPSA) is 107 Å². The molecule has 5 rings (SSSR count). The van der Waals surface area contributed by atoms with Crippen LogP contribution in [0, 0.1) is 5.92 Å². The van der Waals surface area contributed by atoms with Crippen LogP contribution < -0.4 is 4.74 Å². The van der Waals surface area contributed by atoms with Crippen LogP contribution in [0.15, 0.2) is 91.0 Å². The largest absolute Gasteiger partial charge is 0.489 e. The number of piperidine rings is 1. The molecule has 2 N–H and O–H groups in total. The number of benzene rings is 3. The predicted octanol–water partition coefficient (Wildman–Crippen LogP) is 4.89. The van der Waals surface area contributed by atoms with E-state index in [0.29, 0.717) is 24.7 Å². The molecule has 0 aromatic heterocycles. The third-order valence-corrected chi connectivity index (χ3v) is 7.36. The van der Waals surface area contributed by atoms with E-state index in [0.717, 1.165) is 63.3 Å². The SMILES string of the molecule is O=C(O)/C=C/C(=O)O.O=C1c2ccccc2CN1CC1CCN(CCc2ccccc2OCc2ccccc2)CC1. The summed E-state index contributed by atoms with van der Waals surface area (Å²) < 4.78 is 6.14. The molecule has 0 saturated carbocycles. The van der Waals surface area contributed by atoms with Gasteiger partial charge in [0.1, 0.15) is 12.4 Å². The average Bonchev–Trinajstić information content (AvgIpc) is 3.30. The summed E-state index contributed by atoms with van der Waals surface area (Å²) in [6.45, 7) is 5.51. The predicted molar refractivity (Wildman–Crippen MR) is 156 cm³/mol. The quantitative estimate of drug-likeness (QED) is 0.343. The Balaban J connectivity index is 0.000000426. The van der Waals surface area contributed by atoms with Crippen molar-refractivity contribution in [2.45, 2.75) is 32.4 Å². The molecule has 0 spiro atoms. The van der Waals surface area contributed by atoms with E-state index in [9.17, 15) is 14.4 Å². The molecule has 0 aliphatic carbocycles. The average molecular weight is 557 g/mol. The lowest BCUT2D eigenvalue weighted by Crippen LogP contribution is -2.39. The molecular weight excluding hydrogens is 520 g/mol. The van der Waals surface area contributed by atoms with Crippen molar-refractivity contribution >= 4 is 17.8 Å². The normalized spacial score (nSPS) is 15.3. The Bertz CT molecular complexity index is 1330. The zero-order valence-corrected chi connectivity index (χ0v) is 23.0. The summed E-state index contributed by atoms with van der Waals surface area (Å²) in [5.41, 5.74) is 4.53. The first-order valence-electron chi connectivity index (χ1n) is 13.9. The first-order valence-corrected chi connectivity index (χ1v) is 13.9. The van der Waals surface area contributed by atoms with Gasteiger partial charge in [0.25, 0.3) is 5.91 Å². The second-order valence-corrected chi connectivity index (χ2v) is 10.3. The molecule has 3 aromatic rings. The van der Waals surface area contributed by atoms with Gasteiger partial charge in [0.05, 0.1) is 0 Å². The number of carboxylic acid groups (broad SMARTS) is 2. The highest BCUT2D eigenvalue weighted by molar-refractivity contribution is 5.98. The van der Waals surface area contributed by atoms with E-state index in [4.69, 9.17) is 14.9 Å². The molecule has 2 aliphatic heterocycles. The molecule has 1 fully saturated rings. The van der Waals surface area contributed by atoms with Gasteiger partial charge in [-0.25, -0.2) is 9.59 Å². The maximum absolute atomic E-state index is 12.7. The molecule has 0 bridgehead atoms. The van der Waals surface area contributed by atoms with Crippen LogP contribution in [0.3, 0.4) is 0 Å². The molecule has 2 heterocycles. The minimum atomic E-state index is -1.26. The van der Waals surface area contributed by atoms with E-state index in [1.807, 2.05) is 47.4 Å². The molecule has 3 aromatic carbocycles. The Morgan fingerprint density at radius 1 is 0.854 bits per heavy atom. The number of amides is 1. The third-order valence-electron chi connectivity index (χ3n) is 7.36. The van der Waals surface area contributed by atoms with Crippen LogP contribution >= 0.6 is 0 Å². The fourth-order valence-electron chi connectivity index (χ4n) is 5.17. The number of aliphatic carboxylic acids is 2. The Morgan fingerprint density at radius 3 is 2.17 bits per heavy atom. The molecule has 8 nitrogen and oxygen atoms in total. The maximum Gasteiger partial charge on any atom is 0.328 e. The van der Waals surface area contributed by atoms with Crippen LogP contribution in [-0.4, -0.2) is 64.0 Å². The second kappa shape index (κ2) is 14.8. The Morgan fingerprint density at radius 2 is 1.49 bits per heavy atom. The lowest BCUT2D eigenvalue weighted by atomic mass is 9.96. The highest BCUT2D eigenvalue weighted by atomic mass is 16.5. The van der Waals surface area contributed by atoms with Gasteiger partial charge in [-0.1, -0.05) is 66.7 Å². The van der Waals surface area contributed by atoms with Crippen LogP contribution in [0.2, 0.25) is 0 Å². The number of fused-ring (bicyclic) bond motifs is 1. The molecule has 41 heavy (non-hydrogen) atoms. The van der Waals surface area contributed by atoms with E-state index < -0.39 is 11.9 Å². The lowest BCUT2D eigenvalue weighted by molar-refractivity contribution is -0.134. The summed E-state index contributed by atoms with van der Waals surface area (Å²) in [4.78, 5) is 36.4. The molecule has 0 radical (unpaired) electrons. The Labute approximate surface area is 240 Å². The Hall–Kier alpha value is -4.43. The van der Waals surface area contributed by atoms with Crippen molar-refractivity contribution in [1.82, 2.24) is 9.80 Å². The highest BCUT2D eigenvalue weighted by Crippen LogP contribution is 2.27. The number of carbonyl (C=O) groups is 3. The van der Waals surface area contributed by atoms with Gasteiger partial charge < -0.3 is 24.7 Å². The number of ether oxygens (including phenoxy) is 1. The molecule has 1 amide bonds. The number of carbonyl (C=O) groups excluding carboxylic acids is 1. The molecule has 0 atom stereocenters. The van der Waals surface area contributed by atoms with E-state index in [-0.39, 0.29) is 5.91 Å². The van der Waals surface area contributed by atoms with Crippen LogP contribution in [0.4, 0.5) is 0 Å². The number of hydrogen-bond donors (Lipinski definition) is 2. The van der Waals surface area contributed by atoms with Gasteiger partial charge in [0, 0.05) is 37.3 Å². The fourth-order valence-corrected chi connectivity index (χ4v) is 5.17. The number of hydrogen-bond acceptors (Lipinski definition) is 5. The molecule has 1 saturated heterocycles. The number of likely N-dealkylation sites (tertiary alicyclic amines) is 1. The summed E-state index contributed by atoms with van der Waals surface area (Å²) in [5, 5.41) is 15.6. The lowest BCUT2D eigenvalue weighted by Gasteiger charge is -2.34. The van der Waals surface area contributed by atoms with Crippen molar-refractivity contribution in [2.75, 3.05) is 26.2 Å². The van der Waals surface area contributed by atoms with Crippen LogP contribution in [0.5, 0.6) is 5.75 Å². The minimum Gasteiger partial charge on any atom is -0.489 e. The van der Waals surface area contributed by atoms with Gasteiger partial charge in [0.15, 0.2) is 0 Å². The fraction of sp³-hybridized carbons (Fsp3) is 0.303. The Kier molecular flexibility index (Phi) is 10.7. The molecular formula is C33H36N2O6. The second-order valence-electron chi connectivity index (χ2n) is 10.3. The number of carboxylic acids is 2. The van der Waals surface area contributed by atoms with E-state index in [1.165, 1.54) is 16.7 Å². The van der Waals surface area contributed by atoms with E-state index in [1.54, 1.807) is 0 Å². The third kappa shape index (κ3) is 9.05. The number of para-hydroxylation sites is 1. The van der Waals surface area contributed by atoms with Crippen LogP contribution in [0.1, 0.15) is 39.9 Å². The van der Waals surface area contributed by atoms with E-state index >= 15 is 0 Å². The van der Waals surface area contributed by atoms with Gasteiger partial charge in [-0.15, -0.1) is 0 Å². The molecule has 0 unspecified atom stereocenters. The van der Waals surface area contributed by atoms with Crippen molar-refractivity contribution in [3.63, 3.8) is 0 Å². The van der Waals surface area contributed by atoms with Crippen molar-refractivity contribution in [1.29, 1.82) is 0 Å². The van der Waals surface area contributed by atoms with Crippen molar-refractivity contribution < 1.29 is 29.3 Å². The first-order chi connectivity index (χ1) is 19.9. The molecule has 2 aliphatic rings. The first kappa shape index (κ1) is 29.6. The summed E-state index contributed by atoms with van der Waals surface area (Å²) >= 11 is 0. The van der Waals surface area contributed by atoms with Gasteiger partial charge >= 0.3 is 11.9 Å². The smallest absolute Gasteiger partial charge is 0.328 e. The van der Waals surface area contributed by atoms with Gasteiger partial charge in [0.2, 0.25) is 0 Å². The highest BCUT2D eigenvalue weighted by Gasteiger charge is 2.30. The summed E-state index contributed by atoms with van der Waals surface area (Å²) in [6, 6.07) is 26.8. The number of rotatable bonds is 10. The standard InChI is InChI=1S/C29H32N2O2.C4H4O4/c32-29-27-12-6-4-11-26(27)21-31(29)20-23-14-17-30(18-15-23)19-16-25-10-5-7-13-28(25)33-22-24-8-2-1-3-9-24;5-3(6)1-2-4(7)8/h1-13,23H,14-22H2;1-2H,(H,5,6)(H,7,8)/b;2-1+. The van der Waals surface area contributed by atoms with Crippen molar-refractivity contribution in [3.8, 4) is 5.75 Å². The monoisotopic (exact) mass is 556 g/mol. The molecule has 8 heteroatoms. The van der Waals surface area contributed by atoms with Crippen LogP contribution in [0.25, 0.3) is 0 Å². The molecule has 214 valence electrons. The van der Waals surface area contributed by atoms with Crippen molar-refractivity contribution in [2.24, 2.45) is 5.92 Å².